The molecule has 0 fully saturated rings. The van der Waals surface area contributed by atoms with Crippen molar-refractivity contribution in [1.82, 2.24) is 24.6 Å². The molecule has 4 aromatic rings. The number of thioether (sulfide) groups is 1. The van der Waals surface area contributed by atoms with Gasteiger partial charge in [0.05, 0.1) is 30.7 Å². The van der Waals surface area contributed by atoms with Gasteiger partial charge in [-0.1, -0.05) is 29.4 Å². The minimum Gasteiger partial charge on any atom is -0.467 e. The lowest BCUT2D eigenvalue weighted by Gasteiger charge is -2.13. The van der Waals surface area contributed by atoms with E-state index in [2.05, 4.69) is 15.4 Å². The number of aromatic nitrogens is 4. The fraction of sp³-hybridized carbons (Fsp3) is 0.200. The summed E-state index contributed by atoms with van der Waals surface area (Å²) >= 11 is 7.55. The van der Waals surface area contributed by atoms with Gasteiger partial charge in [0.15, 0.2) is 10.8 Å². The van der Waals surface area contributed by atoms with Crippen molar-refractivity contribution in [2.24, 2.45) is 0 Å². The number of nitrogens with zero attached hydrogens (tertiary/aromatic N) is 4. The fourth-order valence-corrected chi connectivity index (χ4v) is 4.78. The maximum absolute atomic E-state index is 13.2. The van der Waals surface area contributed by atoms with Crippen LogP contribution in [0.25, 0.3) is 16.7 Å². The summed E-state index contributed by atoms with van der Waals surface area (Å²) in [7, 11) is 0. The van der Waals surface area contributed by atoms with E-state index in [0.717, 1.165) is 5.69 Å². The predicted octanol–water partition coefficient (Wildman–Crippen LogP) is 3.18. The van der Waals surface area contributed by atoms with Gasteiger partial charge < -0.3 is 9.73 Å². The summed E-state index contributed by atoms with van der Waals surface area (Å²) in [5.41, 5.74) is 1.01. The number of amides is 1. The van der Waals surface area contributed by atoms with Crippen LogP contribution in [0.4, 0.5) is 0 Å². The Morgan fingerprint density at radius 2 is 2.23 bits per heavy atom. The quantitative estimate of drug-likeness (QED) is 0.478. The summed E-state index contributed by atoms with van der Waals surface area (Å²) in [4.78, 5) is 30.2. The van der Waals surface area contributed by atoms with E-state index >= 15 is 0 Å². The van der Waals surface area contributed by atoms with Gasteiger partial charge in [0.25, 0.3) is 5.56 Å². The van der Waals surface area contributed by atoms with Crippen molar-refractivity contribution in [3.63, 3.8) is 0 Å². The first-order valence-corrected chi connectivity index (χ1v) is 10.6. The molecule has 1 unspecified atom stereocenters. The zero-order valence-electron chi connectivity index (χ0n) is 15.6. The number of carbonyl (C=O) groups is 1. The van der Waals surface area contributed by atoms with Crippen LogP contribution >= 0.6 is 23.4 Å². The number of carbonyl (C=O) groups excluding carboxylic acids is 1. The highest BCUT2D eigenvalue weighted by atomic mass is 35.5. The molecule has 3 aromatic heterocycles. The summed E-state index contributed by atoms with van der Waals surface area (Å²) in [5, 5.41) is 8.72. The standard InChI is InChI=1S/C20H16ClN5O3S/c21-12-3-1-4-13(7-12)26-18-16(10-23-26)19(28)25-14(11-30-20(25)24-18)8-17(27)22-9-15-5-2-6-29-15/h1-7,10,14H,8-9,11H2,(H,22,27). The lowest BCUT2D eigenvalue weighted by Crippen LogP contribution is -2.30. The maximum Gasteiger partial charge on any atom is 0.265 e. The summed E-state index contributed by atoms with van der Waals surface area (Å²) < 4.78 is 8.43. The molecule has 0 spiro atoms. The van der Waals surface area contributed by atoms with Crippen LogP contribution in [0.15, 0.2) is 63.2 Å². The first kappa shape index (κ1) is 19.0. The van der Waals surface area contributed by atoms with Gasteiger partial charge in [-0.3, -0.25) is 14.2 Å². The number of rotatable bonds is 5. The molecule has 1 amide bonds. The Bertz CT molecular complexity index is 1300. The van der Waals surface area contributed by atoms with E-state index in [1.165, 1.54) is 18.0 Å². The van der Waals surface area contributed by atoms with E-state index in [1.807, 2.05) is 12.1 Å². The Hall–Kier alpha value is -3.04. The third kappa shape index (κ3) is 3.40. The van der Waals surface area contributed by atoms with Gasteiger partial charge in [0, 0.05) is 17.2 Å². The SMILES string of the molecule is O=C(CC1CSc2nc3c(cnn3-c3cccc(Cl)c3)c(=O)n21)NCc1ccco1. The lowest BCUT2D eigenvalue weighted by molar-refractivity contribution is -0.122. The Morgan fingerprint density at radius 1 is 1.33 bits per heavy atom. The summed E-state index contributed by atoms with van der Waals surface area (Å²) in [6, 6.07) is 10.5. The molecule has 152 valence electrons. The van der Waals surface area contributed by atoms with E-state index in [1.54, 1.807) is 39.8 Å². The van der Waals surface area contributed by atoms with Crippen molar-refractivity contribution in [2.75, 3.05) is 5.75 Å². The van der Waals surface area contributed by atoms with Crippen LogP contribution in [0.3, 0.4) is 0 Å². The molecule has 0 aliphatic carbocycles. The van der Waals surface area contributed by atoms with Crippen molar-refractivity contribution in [1.29, 1.82) is 0 Å². The molecule has 0 saturated carbocycles. The molecule has 1 aliphatic heterocycles. The first-order chi connectivity index (χ1) is 14.6. The van der Waals surface area contributed by atoms with Crippen molar-refractivity contribution in [3.05, 3.63) is 70.0 Å². The van der Waals surface area contributed by atoms with Crippen molar-refractivity contribution in [3.8, 4) is 5.69 Å². The minimum atomic E-state index is -0.263. The number of halogens is 1. The molecule has 0 saturated heterocycles. The highest BCUT2D eigenvalue weighted by Crippen LogP contribution is 2.33. The van der Waals surface area contributed by atoms with E-state index < -0.39 is 0 Å². The smallest absolute Gasteiger partial charge is 0.265 e. The number of nitrogens with one attached hydrogen (secondary N) is 1. The molecule has 1 aromatic carbocycles. The van der Waals surface area contributed by atoms with Crippen LogP contribution in [-0.2, 0) is 11.3 Å². The van der Waals surface area contributed by atoms with Gasteiger partial charge in [0.1, 0.15) is 11.1 Å². The predicted molar refractivity (Wildman–Crippen MR) is 113 cm³/mol. The van der Waals surface area contributed by atoms with Crippen LogP contribution in [0.5, 0.6) is 0 Å². The zero-order chi connectivity index (χ0) is 20.7. The molecule has 5 rings (SSSR count). The molecule has 1 N–H and O–H groups in total. The molecular weight excluding hydrogens is 426 g/mol. The molecule has 4 heterocycles. The van der Waals surface area contributed by atoms with Crippen LogP contribution in [0.1, 0.15) is 18.2 Å². The topological polar surface area (TPSA) is 95.0 Å². The van der Waals surface area contributed by atoms with Gasteiger partial charge in [-0.05, 0) is 30.3 Å². The summed E-state index contributed by atoms with van der Waals surface area (Å²) in [6.45, 7) is 0.317. The lowest BCUT2D eigenvalue weighted by atomic mass is 10.2. The van der Waals surface area contributed by atoms with Gasteiger partial charge in [0.2, 0.25) is 5.91 Å². The van der Waals surface area contributed by atoms with Gasteiger partial charge in [-0.25, -0.2) is 9.67 Å². The normalized spacial score (nSPS) is 15.4. The summed E-state index contributed by atoms with van der Waals surface area (Å²) in [6.07, 6.45) is 3.26. The Morgan fingerprint density at radius 3 is 3.03 bits per heavy atom. The zero-order valence-corrected chi connectivity index (χ0v) is 17.2. The van der Waals surface area contributed by atoms with Crippen LogP contribution < -0.4 is 10.9 Å². The minimum absolute atomic E-state index is 0.147. The van der Waals surface area contributed by atoms with E-state index in [-0.39, 0.29) is 23.9 Å². The Kier molecular flexibility index (Phi) is 4.84. The van der Waals surface area contributed by atoms with Gasteiger partial charge in [-0.2, -0.15) is 5.10 Å². The number of benzene rings is 1. The molecule has 0 bridgehead atoms. The Balaban J connectivity index is 1.43. The number of furan rings is 1. The second kappa shape index (κ2) is 7.66. The fourth-order valence-electron chi connectivity index (χ4n) is 3.46. The highest BCUT2D eigenvalue weighted by Gasteiger charge is 2.29. The van der Waals surface area contributed by atoms with Crippen LogP contribution in [-0.4, -0.2) is 31.0 Å². The highest BCUT2D eigenvalue weighted by molar-refractivity contribution is 7.99. The first-order valence-electron chi connectivity index (χ1n) is 9.28. The molecule has 0 radical (unpaired) electrons. The van der Waals surface area contributed by atoms with Gasteiger partial charge >= 0.3 is 0 Å². The number of hydrogen-bond donors (Lipinski definition) is 1. The molecule has 1 aliphatic rings. The third-order valence-corrected chi connectivity index (χ3v) is 6.22. The second-order valence-corrected chi connectivity index (χ2v) is 8.29. The number of fused-ring (bicyclic) bond motifs is 2. The summed E-state index contributed by atoms with van der Waals surface area (Å²) in [5.74, 6) is 1.14. The average Bonchev–Trinajstić information content (AvgIpc) is 3.47. The Labute approximate surface area is 179 Å². The van der Waals surface area contributed by atoms with E-state index in [0.29, 0.717) is 39.3 Å². The molecule has 10 heteroatoms. The molecule has 1 atom stereocenters. The third-order valence-electron chi connectivity index (χ3n) is 4.88. The van der Waals surface area contributed by atoms with E-state index in [4.69, 9.17) is 16.0 Å². The van der Waals surface area contributed by atoms with Crippen LogP contribution in [0.2, 0.25) is 5.02 Å². The second-order valence-electron chi connectivity index (χ2n) is 6.87. The molecule has 30 heavy (non-hydrogen) atoms. The molecule has 8 nitrogen and oxygen atoms in total. The van der Waals surface area contributed by atoms with Crippen molar-refractivity contribution in [2.45, 2.75) is 24.2 Å². The van der Waals surface area contributed by atoms with E-state index in [9.17, 15) is 9.59 Å². The van der Waals surface area contributed by atoms with Crippen molar-refractivity contribution < 1.29 is 9.21 Å². The number of hydrogen-bond acceptors (Lipinski definition) is 6. The molecular formula is C20H16ClN5O3S. The largest absolute Gasteiger partial charge is 0.467 e. The monoisotopic (exact) mass is 441 g/mol. The van der Waals surface area contributed by atoms with Crippen LogP contribution in [0, 0.1) is 0 Å². The van der Waals surface area contributed by atoms with Crippen molar-refractivity contribution >= 4 is 40.3 Å². The maximum atomic E-state index is 13.2. The average molecular weight is 442 g/mol. The van der Waals surface area contributed by atoms with Gasteiger partial charge in [-0.15, -0.1) is 0 Å².